The Kier molecular flexibility index (Phi) is 9.12. The van der Waals surface area contributed by atoms with Crippen molar-refractivity contribution in [2.75, 3.05) is 0 Å². The van der Waals surface area contributed by atoms with Crippen LogP contribution in [0, 0.1) is 85.9 Å². The van der Waals surface area contributed by atoms with Gasteiger partial charge in [0.25, 0.3) is 0 Å². The molecule has 54 heavy (non-hydrogen) atoms. The molecule has 10 nitrogen and oxygen atoms in total. The second-order valence-electron chi connectivity index (χ2n) is 10.6. The van der Waals surface area contributed by atoms with Crippen molar-refractivity contribution in [3.05, 3.63) is 115 Å². The van der Waals surface area contributed by atoms with Crippen LogP contribution >= 0.6 is 0 Å². The Morgan fingerprint density at radius 3 is 1.26 bits per heavy atom. The first-order valence-corrected chi connectivity index (χ1v) is 14.1. The van der Waals surface area contributed by atoms with E-state index in [1.807, 2.05) is 0 Å². The van der Waals surface area contributed by atoms with E-state index >= 15 is 8.78 Å². The molecule has 0 aromatic heterocycles. The predicted octanol–water partition coefficient (Wildman–Crippen LogP) is 8.63. The van der Waals surface area contributed by atoms with Gasteiger partial charge in [0.05, 0.1) is 69.8 Å². The van der Waals surface area contributed by atoms with E-state index in [1.165, 1.54) is 18.2 Å². The largest absolute Gasteiger partial charge is 0.573 e. The van der Waals surface area contributed by atoms with Crippen molar-refractivity contribution in [2.24, 2.45) is 0 Å². The van der Waals surface area contributed by atoms with Crippen molar-refractivity contribution >= 4 is 33.6 Å². The molecular formula is C36H6F8N8O2. The van der Waals surface area contributed by atoms with Gasteiger partial charge in [0.1, 0.15) is 41.1 Å². The van der Waals surface area contributed by atoms with Gasteiger partial charge in [-0.2, -0.15) is 36.8 Å². The fraction of sp³-hybridized carbons (Fsp3) is 0.0556. The normalized spacial score (nSPS) is 14.8. The van der Waals surface area contributed by atoms with Gasteiger partial charge < -0.3 is 9.47 Å². The van der Waals surface area contributed by atoms with Crippen LogP contribution in [0.15, 0.2) is 48.1 Å². The lowest BCUT2D eigenvalue weighted by atomic mass is 9.87. The van der Waals surface area contributed by atoms with Crippen LogP contribution in [0.25, 0.3) is 38.4 Å². The first kappa shape index (κ1) is 36.9. The highest BCUT2D eigenvalue weighted by molar-refractivity contribution is 6.21. The number of fused-ring (bicyclic) bond motifs is 2. The van der Waals surface area contributed by atoms with Gasteiger partial charge in [0, 0.05) is 27.8 Å². The SMILES string of the molecule is [C-]#[N+]/C(=C1/C(F)=C(C#N)c2c(OC(F)(F)F)c3c(c(OC(F)(F)F)c21)/C(=C(\C#N)c1cc(C#N)cc(C#N)c1)C(F)=C3C#N)c1cc(C#N)cc(C#N)c1. The number of ether oxygens (including phenoxy) is 2. The fourth-order valence-corrected chi connectivity index (χ4v) is 5.77. The van der Waals surface area contributed by atoms with Crippen molar-refractivity contribution in [1.82, 2.24) is 0 Å². The molecule has 0 saturated heterocycles. The summed E-state index contributed by atoms with van der Waals surface area (Å²) in [7, 11) is 0. The lowest BCUT2D eigenvalue weighted by molar-refractivity contribution is -0.277. The molecule has 3 aromatic rings. The molecular weight excluding hydrogens is 728 g/mol. The van der Waals surface area contributed by atoms with Gasteiger partial charge in [-0.15, -0.1) is 26.3 Å². The summed E-state index contributed by atoms with van der Waals surface area (Å²) in [6.07, 6.45) is -11.7. The minimum absolute atomic E-state index is 0.346. The summed E-state index contributed by atoms with van der Waals surface area (Å²) >= 11 is 0. The highest BCUT2D eigenvalue weighted by Crippen LogP contribution is 2.62. The molecule has 0 radical (unpaired) electrons. The Morgan fingerprint density at radius 2 is 0.907 bits per heavy atom. The Labute approximate surface area is 296 Å². The zero-order chi connectivity index (χ0) is 39.9. The lowest BCUT2D eigenvalue weighted by Gasteiger charge is -2.23. The third kappa shape index (κ3) is 6.12. The number of hydrogen-bond donors (Lipinski definition) is 0. The highest BCUT2D eigenvalue weighted by atomic mass is 19.4. The van der Waals surface area contributed by atoms with E-state index in [0.717, 1.165) is 36.4 Å². The fourth-order valence-electron chi connectivity index (χ4n) is 5.77. The summed E-state index contributed by atoms with van der Waals surface area (Å²) in [5.41, 5.74) is -16.3. The van der Waals surface area contributed by atoms with Crippen molar-refractivity contribution in [1.29, 1.82) is 36.8 Å². The maximum absolute atomic E-state index is 16.5. The molecule has 0 unspecified atom stereocenters. The van der Waals surface area contributed by atoms with Gasteiger partial charge in [0.15, 0.2) is 5.83 Å². The van der Waals surface area contributed by atoms with Gasteiger partial charge in [-0.3, -0.25) is 0 Å². The average Bonchev–Trinajstić information content (AvgIpc) is 3.59. The summed E-state index contributed by atoms with van der Waals surface area (Å²) in [6, 6.07) is 15.8. The average molecular weight is 734 g/mol. The molecule has 2 aliphatic carbocycles. The summed E-state index contributed by atoms with van der Waals surface area (Å²) < 4.78 is 127. The molecule has 0 heterocycles. The molecule has 0 saturated carbocycles. The molecule has 0 aliphatic heterocycles. The third-order valence-corrected chi connectivity index (χ3v) is 7.60. The molecule has 5 rings (SSSR count). The molecule has 2 aliphatic rings. The van der Waals surface area contributed by atoms with Crippen molar-refractivity contribution in [3.8, 4) is 54.0 Å². The Balaban J connectivity index is 2.17. The van der Waals surface area contributed by atoms with E-state index in [1.54, 1.807) is 24.3 Å². The maximum atomic E-state index is 16.5. The van der Waals surface area contributed by atoms with Gasteiger partial charge in [-0.05, 0) is 47.5 Å². The highest BCUT2D eigenvalue weighted by Gasteiger charge is 2.49. The number of nitrogens with zero attached hydrogens (tertiary/aromatic N) is 8. The Bertz CT molecular complexity index is 2520. The van der Waals surface area contributed by atoms with Crippen LogP contribution in [0.4, 0.5) is 35.1 Å². The molecule has 0 atom stereocenters. The van der Waals surface area contributed by atoms with E-state index < -0.39 is 103 Å². The van der Waals surface area contributed by atoms with Gasteiger partial charge in [0.2, 0.25) is 5.70 Å². The summed E-state index contributed by atoms with van der Waals surface area (Å²) in [4.78, 5) is 3.11. The van der Waals surface area contributed by atoms with Crippen LogP contribution in [-0.4, -0.2) is 12.7 Å². The zero-order valence-electron chi connectivity index (χ0n) is 25.9. The van der Waals surface area contributed by atoms with E-state index in [9.17, 15) is 63.2 Å². The van der Waals surface area contributed by atoms with Crippen LogP contribution in [-0.2, 0) is 0 Å². The Hall–Kier alpha value is -8.42. The number of nitriles is 7. The summed E-state index contributed by atoms with van der Waals surface area (Å²) in [5, 5.41) is 68.1. The second kappa shape index (κ2) is 13.4. The third-order valence-electron chi connectivity index (χ3n) is 7.60. The lowest BCUT2D eigenvalue weighted by Crippen LogP contribution is -2.22. The molecule has 0 spiro atoms. The minimum Gasteiger partial charge on any atom is -0.404 e. The molecule has 0 bridgehead atoms. The number of halogens is 8. The van der Waals surface area contributed by atoms with Crippen molar-refractivity contribution < 1.29 is 44.6 Å². The first-order chi connectivity index (χ1) is 25.5. The maximum Gasteiger partial charge on any atom is 0.573 e. The number of allylic oxidation sites excluding steroid dienone is 7. The number of benzene rings is 3. The van der Waals surface area contributed by atoms with Crippen LogP contribution in [0.1, 0.15) is 55.6 Å². The van der Waals surface area contributed by atoms with Crippen molar-refractivity contribution in [3.63, 3.8) is 0 Å². The van der Waals surface area contributed by atoms with Crippen LogP contribution in [0.3, 0.4) is 0 Å². The number of alkyl halides is 6. The predicted molar refractivity (Wildman–Crippen MR) is 165 cm³/mol. The quantitative estimate of drug-likeness (QED) is 0.143. The summed E-state index contributed by atoms with van der Waals surface area (Å²) in [6.45, 7) is 7.83. The van der Waals surface area contributed by atoms with Crippen LogP contribution in [0.2, 0.25) is 0 Å². The van der Waals surface area contributed by atoms with Gasteiger partial charge >= 0.3 is 12.7 Å². The van der Waals surface area contributed by atoms with Gasteiger partial charge in [-0.1, -0.05) is 0 Å². The molecule has 18 heteroatoms. The molecule has 0 fully saturated rings. The summed E-state index contributed by atoms with van der Waals surface area (Å²) in [5.74, 6) is -7.49. The minimum atomic E-state index is -5.89. The molecule has 258 valence electrons. The van der Waals surface area contributed by atoms with Gasteiger partial charge in [-0.25, -0.2) is 13.6 Å². The van der Waals surface area contributed by atoms with E-state index in [4.69, 9.17) is 6.57 Å². The zero-order valence-corrected chi connectivity index (χ0v) is 25.9. The van der Waals surface area contributed by atoms with E-state index in [0.29, 0.717) is 0 Å². The topological polar surface area (TPSA) is 189 Å². The molecule has 0 N–H and O–H groups in total. The molecule has 0 amide bonds. The van der Waals surface area contributed by atoms with Crippen LogP contribution in [0.5, 0.6) is 11.5 Å². The van der Waals surface area contributed by atoms with E-state index in [2.05, 4.69) is 14.3 Å². The van der Waals surface area contributed by atoms with Crippen LogP contribution < -0.4 is 9.47 Å². The first-order valence-electron chi connectivity index (χ1n) is 14.1. The van der Waals surface area contributed by atoms with E-state index in [-0.39, 0.29) is 22.3 Å². The number of hydrogen-bond acceptors (Lipinski definition) is 9. The second-order valence-corrected chi connectivity index (χ2v) is 10.6. The Morgan fingerprint density at radius 1 is 0.537 bits per heavy atom. The number of rotatable bonds is 4. The monoisotopic (exact) mass is 734 g/mol. The standard InChI is InChI=1S/C36H6F8N8O2/c1-52-32(20-6-17(10-47)3-18(7-20)11-48)29-28-26(23(14-51)31(29)38)33(53-35(39,40)41)25-22(13-50)30(37)24(27(25)34(28)54-36(42,43)44)21(12-49)19-4-15(8-45)2-16(5-19)9-46/h2-7H/b24-21-,32-29+. The molecule has 3 aromatic carbocycles. The smallest absolute Gasteiger partial charge is 0.404 e. The van der Waals surface area contributed by atoms with Crippen molar-refractivity contribution in [2.45, 2.75) is 12.7 Å².